The van der Waals surface area contributed by atoms with Crippen molar-refractivity contribution in [2.75, 3.05) is 13.7 Å². The van der Waals surface area contributed by atoms with Gasteiger partial charge < -0.3 is 9.30 Å². The summed E-state index contributed by atoms with van der Waals surface area (Å²) >= 11 is 0. The number of hydrogen-bond acceptors (Lipinski definition) is 3. The largest absolute Gasteiger partial charge is 0.497 e. The molecule has 0 unspecified atom stereocenters. The second-order valence-electron chi connectivity index (χ2n) is 5.92. The van der Waals surface area contributed by atoms with Crippen LogP contribution in [0.15, 0.2) is 48.5 Å². The predicted molar refractivity (Wildman–Crippen MR) is 94.4 cm³/mol. The third-order valence-corrected chi connectivity index (χ3v) is 4.62. The second kappa shape index (κ2) is 6.35. The van der Waals surface area contributed by atoms with E-state index in [-0.39, 0.29) is 17.4 Å². The minimum absolute atomic E-state index is 0.151. The summed E-state index contributed by atoms with van der Waals surface area (Å²) in [5.41, 5.74) is 4.04. The van der Waals surface area contributed by atoms with Gasteiger partial charge in [0.1, 0.15) is 5.75 Å². The molecule has 0 bridgehead atoms. The summed E-state index contributed by atoms with van der Waals surface area (Å²) in [7, 11) is 3.60. The van der Waals surface area contributed by atoms with E-state index in [0.29, 0.717) is 5.75 Å². The molecule has 0 spiro atoms. The van der Waals surface area contributed by atoms with Crippen LogP contribution in [0.2, 0.25) is 0 Å². The van der Waals surface area contributed by atoms with Gasteiger partial charge in [-0.1, -0.05) is 30.3 Å². The van der Waals surface area contributed by atoms with Crippen molar-refractivity contribution in [1.29, 1.82) is 0 Å². The molecule has 0 radical (unpaired) electrons. The molecular weight excluding hydrogens is 304 g/mol. The fraction of sp³-hybridized carbons (Fsp3) is 0.263. The van der Waals surface area contributed by atoms with Crippen molar-refractivity contribution in [1.82, 2.24) is 4.57 Å². The van der Waals surface area contributed by atoms with E-state index in [2.05, 4.69) is 4.57 Å². The van der Waals surface area contributed by atoms with Crippen molar-refractivity contribution in [3.8, 4) is 5.75 Å². The average molecular weight is 324 g/mol. The molecule has 0 aliphatic rings. The summed E-state index contributed by atoms with van der Waals surface area (Å²) < 4.78 is 7.39. The first kappa shape index (κ1) is 16.1. The Kier molecular flexibility index (Phi) is 4.25. The summed E-state index contributed by atoms with van der Waals surface area (Å²) in [6.45, 7) is 1.87. The minimum Gasteiger partial charge on any atom is -0.497 e. The fourth-order valence-electron chi connectivity index (χ4n) is 3.36. The Labute approximate surface area is 140 Å². The van der Waals surface area contributed by atoms with Crippen LogP contribution in [-0.2, 0) is 7.05 Å². The number of aromatic nitrogens is 1. The highest BCUT2D eigenvalue weighted by Gasteiger charge is 2.26. The molecule has 0 aliphatic carbocycles. The number of fused-ring (bicyclic) bond motifs is 1. The van der Waals surface area contributed by atoms with Crippen LogP contribution in [0.25, 0.3) is 10.9 Å². The quantitative estimate of drug-likeness (QED) is 0.528. The van der Waals surface area contributed by atoms with Crippen molar-refractivity contribution >= 4 is 10.9 Å². The summed E-state index contributed by atoms with van der Waals surface area (Å²) in [5, 5.41) is 12.4. The fourth-order valence-corrected chi connectivity index (χ4v) is 3.36. The Bertz CT molecular complexity index is 899. The first-order valence-electron chi connectivity index (χ1n) is 7.82. The van der Waals surface area contributed by atoms with Gasteiger partial charge in [-0.2, -0.15) is 0 Å². The van der Waals surface area contributed by atoms with E-state index in [1.807, 2.05) is 62.5 Å². The lowest BCUT2D eigenvalue weighted by Gasteiger charge is -2.16. The Morgan fingerprint density at radius 2 is 1.96 bits per heavy atom. The maximum atomic E-state index is 11.3. The first-order valence-corrected chi connectivity index (χ1v) is 7.82. The standard InChI is InChI=1S/C19H20N2O3/c1-13-19(16-9-4-5-10-18(16)20(13)2)17(12-21(22)23)14-7-6-8-15(11-14)24-3/h4-11,17H,12H2,1-3H3/t17-/m0/s1. The van der Waals surface area contributed by atoms with Gasteiger partial charge in [-0.05, 0) is 36.2 Å². The molecule has 124 valence electrons. The van der Waals surface area contributed by atoms with Gasteiger partial charge in [0.2, 0.25) is 6.54 Å². The molecule has 0 N–H and O–H groups in total. The van der Waals surface area contributed by atoms with Crippen LogP contribution in [-0.4, -0.2) is 23.1 Å². The molecule has 1 atom stereocenters. The maximum absolute atomic E-state index is 11.3. The molecule has 0 saturated heterocycles. The number of benzene rings is 2. The molecular formula is C19H20N2O3. The zero-order chi connectivity index (χ0) is 17.3. The van der Waals surface area contributed by atoms with E-state index < -0.39 is 0 Å². The zero-order valence-electron chi connectivity index (χ0n) is 14.0. The molecule has 0 saturated carbocycles. The number of aryl methyl sites for hydroxylation is 1. The van der Waals surface area contributed by atoms with Crippen molar-refractivity contribution < 1.29 is 9.66 Å². The van der Waals surface area contributed by atoms with Crippen LogP contribution in [0.4, 0.5) is 0 Å². The molecule has 0 amide bonds. The van der Waals surface area contributed by atoms with Crippen molar-refractivity contribution in [3.63, 3.8) is 0 Å². The summed E-state index contributed by atoms with van der Waals surface area (Å²) in [6.07, 6.45) is 0. The molecule has 3 aromatic rings. The lowest BCUT2D eigenvalue weighted by Crippen LogP contribution is -2.15. The van der Waals surface area contributed by atoms with Crippen LogP contribution in [0.3, 0.4) is 0 Å². The molecule has 1 aromatic heterocycles. The molecule has 5 nitrogen and oxygen atoms in total. The predicted octanol–water partition coefficient (Wildman–Crippen LogP) is 3.90. The Morgan fingerprint density at radius 3 is 2.67 bits per heavy atom. The van der Waals surface area contributed by atoms with E-state index in [9.17, 15) is 10.1 Å². The van der Waals surface area contributed by atoms with E-state index >= 15 is 0 Å². The molecule has 2 aromatic carbocycles. The van der Waals surface area contributed by atoms with E-state index in [0.717, 1.165) is 27.7 Å². The lowest BCUT2D eigenvalue weighted by atomic mass is 9.89. The number of ether oxygens (including phenoxy) is 1. The number of nitro groups is 1. The Hall–Kier alpha value is -2.82. The highest BCUT2D eigenvalue weighted by atomic mass is 16.6. The number of para-hydroxylation sites is 1. The average Bonchev–Trinajstić information content (AvgIpc) is 2.84. The van der Waals surface area contributed by atoms with Gasteiger partial charge in [-0.25, -0.2) is 0 Å². The highest BCUT2D eigenvalue weighted by molar-refractivity contribution is 5.86. The van der Waals surface area contributed by atoms with Gasteiger partial charge >= 0.3 is 0 Å². The summed E-state index contributed by atoms with van der Waals surface area (Å²) in [4.78, 5) is 11.1. The number of methoxy groups -OCH3 is 1. The molecule has 3 rings (SSSR count). The maximum Gasteiger partial charge on any atom is 0.214 e. The van der Waals surface area contributed by atoms with Gasteiger partial charge in [0.05, 0.1) is 13.0 Å². The van der Waals surface area contributed by atoms with Crippen LogP contribution < -0.4 is 4.74 Å². The number of hydrogen-bond donors (Lipinski definition) is 0. The smallest absolute Gasteiger partial charge is 0.214 e. The third-order valence-electron chi connectivity index (χ3n) is 4.62. The Morgan fingerprint density at radius 1 is 1.21 bits per heavy atom. The highest BCUT2D eigenvalue weighted by Crippen LogP contribution is 2.36. The van der Waals surface area contributed by atoms with Crippen LogP contribution in [0, 0.1) is 17.0 Å². The monoisotopic (exact) mass is 324 g/mol. The number of rotatable bonds is 5. The second-order valence-corrected chi connectivity index (χ2v) is 5.92. The summed E-state index contributed by atoms with van der Waals surface area (Å²) in [5.74, 6) is 0.389. The van der Waals surface area contributed by atoms with Crippen LogP contribution in [0.5, 0.6) is 5.75 Å². The zero-order valence-corrected chi connectivity index (χ0v) is 14.0. The molecule has 0 fully saturated rings. The van der Waals surface area contributed by atoms with Gasteiger partial charge in [-0.3, -0.25) is 10.1 Å². The third kappa shape index (κ3) is 2.73. The lowest BCUT2D eigenvalue weighted by molar-refractivity contribution is -0.481. The van der Waals surface area contributed by atoms with Gasteiger partial charge in [0, 0.05) is 28.6 Å². The van der Waals surface area contributed by atoms with Crippen molar-refractivity contribution in [3.05, 3.63) is 75.5 Å². The normalized spacial score (nSPS) is 12.3. The van der Waals surface area contributed by atoms with Gasteiger partial charge in [0.25, 0.3) is 0 Å². The number of nitrogens with zero attached hydrogens (tertiary/aromatic N) is 2. The van der Waals surface area contributed by atoms with Crippen LogP contribution >= 0.6 is 0 Å². The molecule has 0 aliphatic heterocycles. The Balaban J connectivity index is 2.23. The molecule has 5 heteroatoms. The SMILES string of the molecule is COc1cccc([C@H](C[N+](=O)[O-])c2c(C)n(C)c3ccccc23)c1. The van der Waals surface area contributed by atoms with Gasteiger partial charge in [-0.15, -0.1) is 0 Å². The van der Waals surface area contributed by atoms with E-state index in [4.69, 9.17) is 4.74 Å². The minimum atomic E-state index is -0.318. The van der Waals surface area contributed by atoms with E-state index in [1.54, 1.807) is 7.11 Å². The van der Waals surface area contributed by atoms with Crippen LogP contribution in [0.1, 0.15) is 22.7 Å². The molecule has 1 heterocycles. The van der Waals surface area contributed by atoms with E-state index in [1.165, 1.54) is 0 Å². The van der Waals surface area contributed by atoms with Gasteiger partial charge in [0.15, 0.2) is 0 Å². The van der Waals surface area contributed by atoms with Crippen molar-refractivity contribution in [2.24, 2.45) is 7.05 Å². The van der Waals surface area contributed by atoms with Crippen molar-refractivity contribution in [2.45, 2.75) is 12.8 Å². The molecule has 24 heavy (non-hydrogen) atoms. The first-order chi connectivity index (χ1) is 11.5. The summed E-state index contributed by atoms with van der Waals surface area (Å²) in [6, 6.07) is 15.6. The topological polar surface area (TPSA) is 57.3 Å².